The van der Waals surface area contributed by atoms with E-state index in [0.717, 1.165) is 26.2 Å². The van der Waals surface area contributed by atoms with Crippen molar-refractivity contribution in [1.82, 2.24) is 9.80 Å². The van der Waals surface area contributed by atoms with Crippen LogP contribution in [0.5, 0.6) is 0 Å². The number of hydrogen-bond acceptors (Lipinski definition) is 5. The van der Waals surface area contributed by atoms with Crippen molar-refractivity contribution in [3.05, 3.63) is 65.7 Å². The zero-order valence-corrected chi connectivity index (χ0v) is 16.0. The molecule has 4 rings (SSSR count). The number of amides is 1. The van der Waals surface area contributed by atoms with Crippen LogP contribution >= 0.6 is 0 Å². The summed E-state index contributed by atoms with van der Waals surface area (Å²) in [4.78, 5) is 32.1. The molecule has 0 aliphatic carbocycles. The van der Waals surface area contributed by atoms with Gasteiger partial charge >= 0.3 is 0 Å². The smallest absolute Gasteiger partial charge is 0.265 e. The van der Waals surface area contributed by atoms with Crippen molar-refractivity contribution < 1.29 is 14.7 Å². The maximum atomic E-state index is 13.3. The van der Waals surface area contributed by atoms with Gasteiger partial charge in [-0.3, -0.25) is 19.4 Å². The molecule has 2 aliphatic heterocycles. The summed E-state index contributed by atoms with van der Waals surface area (Å²) >= 11 is 0. The third-order valence-corrected chi connectivity index (χ3v) is 5.69. The number of rotatable bonds is 5. The molecule has 1 saturated heterocycles. The fraction of sp³-hybridized carbons (Fsp3) is 0.364. The molecule has 146 valence electrons. The van der Waals surface area contributed by atoms with Crippen molar-refractivity contribution in [2.24, 2.45) is 0 Å². The molecule has 0 aromatic heterocycles. The summed E-state index contributed by atoms with van der Waals surface area (Å²) in [7, 11) is 2.08. The Kier molecular flexibility index (Phi) is 5.02. The Balaban J connectivity index is 1.60. The third-order valence-electron chi connectivity index (χ3n) is 5.69. The number of ketones is 1. The predicted octanol–water partition coefficient (Wildman–Crippen LogP) is 1.70. The minimum Gasteiger partial charge on any atom is -0.375 e. The lowest BCUT2D eigenvalue weighted by molar-refractivity contribution is -0.136. The normalized spacial score (nSPS) is 23.1. The Bertz CT molecular complexity index is 878. The van der Waals surface area contributed by atoms with Gasteiger partial charge in [-0.2, -0.15) is 0 Å². The van der Waals surface area contributed by atoms with Crippen LogP contribution in [0.25, 0.3) is 0 Å². The standard InChI is InChI=1S/C22H25N3O3/c1-23-11-13-24(14-12-23)16-25-19-10-6-5-9-18(19)22(28,21(25)27)15-20(26)17-7-3-2-4-8-17/h2-10,28H,11-16H2,1H3/t22-/m0/s1. The summed E-state index contributed by atoms with van der Waals surface area (Å²) in [6.45, 7) is 4.04. The van der Waals surface area contributed by atoms with E-state index < -0.39 is 11.5 Å². The van der Waals surface area contributed by atoms with Gasteiger partial charge in [0, 0.05) is 37.3 Å². The minimum atomic E-state index is -1.82. The average Bonchev–Trinajstić information content (AvgIpc) is 2.92. The SMILES string of the molecule is CN1CCN(CN2C(=O)[C@](O)(CC(=O)c3ccccc3)c3ccccc32)CC1. The average molecular weight is 379 g/mol. The number of para-hydroxylation sites is 1. The molecule has 28 heavy (non-hydrogen) atoms. The largest absolute Gasteiger partial charge is 0.375 e. The number of Topliss-reactive ketones (excluding diaryl/α,β-unsaturated/α-hetero) is 1. The predicted molar refractivity (Wildman–Crippen MR) is 107 cm³/mol. The summed E-state index contributed by atoms with van der Waals surface area (Å²) in [5.74, 6) is -0.662. The molecule has 1 fully saturated rings. The van der Waals surface area contributed by atoms with Gasteiger partial charge in [0.05, 0.1) is 18.8 Å². The molecular weight excluding hydrogens is 354 g/mol. The van der Waals surface area contributed by atoms with E-state index in [1.54, 1.807) is 41.3 Å². The Hall–Kier alpha value is -2.54. The van der Waals surface area contributed by atoms with E-state index in [2.05, 4.69) is 16.8 Å². The van der Waals surface area contributed by atoms with Crippen LogP contribution in [-0.2, 0) is 10.4 Å². The highest BCUT2D eigenvalue weighted by Gasteiger charge is 2.51. The van der Waals surface area contributed by atoms with Gasteiger partial charge in [-0.1, -0.05) is 48.5 Å². The number of piperazine rings is 1. The van der Waals surface area contributed by atoms with Gasteiger partial charge in [0.15, 0.2) is 11.4 Å². The number of benzene rings is 2. The number of hydrogen-bond donors (Lipinski definition) is 1. The molecule has 2 aromatic rings. The second-order valence-corrected chi connectivity index (χ2v) is 7.64. The molecule has 2 heterocycles. The first-order valence-electron chi connectivity index (χ1n) is 9.62. The van der Waals surface area contributed by atoms with Crippen LogP contribution in [-0.4, -0.2) is 66.5 Å². The van der Waals surface area contributed by atoms with Crippen LogP contribution in [0.4, 0.5) is 5.69 Å². The Morgan fingerprint density at radius 1 is 1.00 bits per heavy atom. The maximum absolute atomic E-state index is 13.3. The number of likely N-dealkylation sites (N-methyl/N-ethyl adjacent to an activating group) is 1. The lowest BCUT2D eigenvalue weighted by atomic mass is 9.88. The molecule has 0 bridgehead atoms. The second-order valence-electron chi connectivity index (χ2n) is 7.64. The number of carbonyl (C=O) groups is 2. The molecule has 1 N–H and O–H groups in total. The lowest BCUT2D eigenvalue weighted by Crippen LogP contribution is -2.51. The third kappa shape index (κ3) is 3.35. The van der Waals surface area contributed by atoms with Crippen molar-refractivity contribution >= 4 is 17.4 Å². The highest BCUT2D eigenvalue weighted by atomic mass is 16.3. The van der Waals surface area contributed by atoms with E-state index in [0.29, 0.717) is 23.5 Å². The topological polar surface area (TPSA) is 64.1 Å². The molecule has 2 aromatic carbocycles. The number of aliphatic hydroxyl groups is 1. The van der Waals surface area contributed by atoms with Crippen molar-refractivity contribution in [2.45, 2.75) is 12.0 Å². The van der Waals surface area contributed by atoms with E-state index in [9.17, 15) is 14.7 Å². The highest BCUT2D eigenvalue weighted by molar-refractivity contribution is 6.10. The van der Waals surface area contributed by atoms with Crippen molar-refractivity contribution in [2.75, 3.05) is 44.8 Å². The molecule has 0 saturated carbocycles. The minimum absolute atomic E-state index is 0.243. The van der Waals surface area contributed by atoms with E-state index in [-0.39, 0.29) is 12.2 Å². The van der Waals surface area contributed by atoms with E-state index in [4.69, 9.17) is 0 Å². The fourth-order valence-corrected chi connectivity index (χ4v) is 3.97. The van der Waals surface area contributed by atoms with Crippen molar-refractivity contribution in [3.63, 3.8) is 0 Å². The van der Waals surface area contributed by atoms with Gasteiger partial charge in [0.25, 0.3) is 5.91 Å². The summed E-state index contributed by atoms with van der Waals surface area (Å²) < 4.78 is 0. The number of carbonyl (C=O) groups excluding carboxylic acids is 2. The highest BCUT2D eigenvalue weighted by Crippen LogP contribution is 2.42. The van der Waals surface area contributed by atoms with Crippen molar-refractivity contribution in [1.29, 1.82) is 0 Å². The molecule has 0 radical (unpaired) electrons. The quantitative estimate of drug-likeness (QED) is 0.801. The van der Waals surface area contributed by atoms with Gasteiger partial charge in [-0.25, -0.2) is 0 Å². The molecule has 1 atom stereocenters. The Morgan fingerprint density at radius 2 is 1.64 bits per heavy atom. The number of anilines is 1. The summed E-state index contributed by atoms with van der Waals surface area (Å²) in [6, 6.07) is 16.0. The zero-order valence-electron chi connectivity index (χ0n) is 16.0. The first kappa shape index (κ1) is 18.8. The van der Waals surface area contributed by atoms with Crippen LogP contribution in [0.3, 0.4) is 0 Å². The Morgan fingerprint density at radius 3 is 2.36 bits per heavy atom. The first-order chi connectivity index (χ1) is 13.5. The maximum Gasteiger partial charge on any atom is 0.265 e. The lowest BCUT2D eigenvalue weighted by Gasteiger charge is -2.35. The van der Waals surface area contributed by atoms with Crippen LogP contribution in [0.1, 0.15) is 22.3 Å². The van der Waals surface area contributed by atoms with Crippen LogP contribution < -0.4 is 4.90 Å². The molecule has 6 heteroatoms. The van der Waals surface area contributed by atoms with E-state index in [1.807, 2.05) is 18.2 Å². The summed E-state index contributed by atoms with van der Waals surface area (Å²) in [6.07, 6.45) is -0.258. The van der Waals surface area contributed by atoms with Crippen molar-refractivity contribution in [3.8, 4) is 0 Å². The zero-order chi connectivity index (χ0) is 19.7. The molecule has 0 spiro atoms. The van der Waals surface area contributed by atoms with Crippen LogP contribution in [0.2, 0.25) is 0 Å². The Labute approximate surface area is 165 Å². The van der Waals surface area contributed by atoms with Gasteiger partial charge in [-0.15, -0.1) is 0 Å². The van der Waals surface area contributed by atoms with Gasteiger partial charge < -0.3 is 10.0 Å². The van der Waals surface area contributed by atoms with Gasteiger partial charge in [0.2, 0.25) is 0 Å². The van der Waals surface area contributed by atoms with E-state index in [1.165, 1.54) is 0 Å². The monoisotopic (exact) mass is 379 g/mol. The molecule has 1 amide bonds. The van der Waals surface area contributed by atoms with E-state index >= 15 is 0 Å². The number of nitrogens with zero attached hydrogens (tertiary/aromatic N) is 3. The first-order valence-corrected chi connectivity index (χ1v) is 9.62. The van der Waals surface area contributed by atoms with Crippen LogP contribution in [0, 0.1) is 0 Å². The molecular formula is C22H25N3O3. The molecule has 6 nitrogen and oxygen atoms in total. The summed E-state index contributed by atoms with van der Waals surface area (Å²) in [5.41, 5.74) is -0.122. The van der Waals surface area contributed by atoms with Gasteiger partial charge in [0.1, 0.15) is 0 Å². The molecule has 0 unspecified atom stereocenters. The fourth-order valence-electron chi connectivity index (χ4n) is 3.97. The number of fused-ring (bicyclic) bond motifs is 1. The van der Waals surface area contributed by atoms with Gasteiger partial charge in [-0.05, 0) is 13.1 Å². The second kappa shape index (κ2) is 7.47. The summed E-state index contributed by atoms with van der Waals surface area (Å²) in [5, 5.41) is 11.3. The molecule has 2 aliphatic rings. The van der Waals surface area contributed by atoms with Crippen LogP contribution in [0.15, 0.2) is 54.6 Å².